The van der Waals surface area contributed by atoms with Gasteiger partial charge in [-0.2, -0.15) is 0 Å². The Bertz CT molecular complexity index is 179. The van der Waals surface area contributed by atoms with Crippen molar-refractivity contribution in [3.05, 3.63) is 0 Å². The average Bonchev–Trinajstić information content (AvgIpc) is 1.78. The highest BCUT2D eigenvalue weighted by Gasteiger charge is 2.23. The van der Waals surface area contributed by atoms with E-state index < -0.39 is 9.39 Å². The van der Waals surface area contributed by atoms with Crippen LogP contribution in [0.25, 0.3) is 0 Å². The lowest BCUT2D eigenvalue weighted by molar-refractivity contribution is -0.154. The summed E-state index contributed by atoms with van der Waals surface area (Å²) in [6.45, 7) is 5.38. The van der Waals surface area contributed by atoms with Crippen LogP contribution in [0.15, 0.2) is 0 Å². The molecule has 78 valence electrons. The zero-order valence-corrected chi connectivity index (χ0v) is 10.1. The van der Waals surface area contributed by atoms with Gasteiger partial charge < -0.3 is 4.74 Å². The van der Waals surface area contributed by atoms with Crippen LogP contribution in [0.2, 0.25) is 0 Å². The summed E-state index contributed by atoms with van der Waals surface area (Å²) in [5.74, 6) is -0.348. The Morgan fingerprint density at radius 2 is 1.69 bits per heavy atom. The molecule has 0 rings (SSSR count). The van der Waals surface area contributed by atoms with Gasteiger partial charge in [0.25, 0.3) is 0 Å². The molecule has 0 atom stereocenters. The standard InChI is InChI=1S/C8H13Cl3O2/c1-7(2,3)13-6(12)4-5-8(9,10)11/h4-5H2,1-3H3. The summed E-state index contributed by atoms with van der Waals surface area (Å²) >= 11 is 16.4. The number of hydrogen-bond donors (Lipinski definition) is 0. The average molecular weight is 248 g/mol. The minimum atomic E-state index is -1.38. The fourth-order valence-electron chi connectivity index (χ4n) is 0.636. The quantitative estimate of drug-likeness (QED) is 0.552. The molecule has 0 aliphatic rings. The second kappa shape index (κ2) is 4.72. The minimum absolute atomic E-state index is 0.119. The summed E-state index contributed by atoms with van der Waals surface area (Å²) < 4.78 is 3.64. The minimum Gasteiger partial charge on any atom is -0.460 e. The van der Waals surface area contributed by atoms with E-state index in [9.17, 15) is 4.79 Å². The van der Waals surface area contributed by atoms with Gasteiger partial charge >= 0.3 is 5.97 Å². The molecule has 0 aromatic rings. The number of hydrogen-bond acceptors (Lipinski definition) is 2. The lowest BCUT2D eigenvalue weighted by Crippen LogP contribution is -2.24. The lowest BCUT2D eigenvalue weighted by atomic mass is 10.2. The molecular formula is C8H13Cl3O2. The van der Waals surface area contributed by atoms with Crippen molar-refractivity contribution in [1.29, 1.82) is 0 Å². The van der Waals surface area contributed by atoms with Crippen LogP contribution in [0.3, 0.4) is 0 Å². The zero-order chi connectivity index (χ0) is 10.7. The first kappa shape index (κ1) is 13.3. The van der Waals surface area contributed by atoms with E-state index in [4.69, 9.17) is 39.5 Å². The maximum atomic E-state index is 11.1. The number of alkyl halides is 3. The molecule has 0 N–H and O–H groups in total. The Labute approximate surface area is 93.5 Å². The zero-order valence-electron chi connectivity index (χ0n) is 7.86. The predicted molar refractivity (Wildman–Crippen MR) is 55.4 cm³/mol. The Hall–Kier alpha value is 0.340. The molecule has 0 radical (unpaired) electrons. The first-order valence-electron chi connectivity index (χ1n) is 3.89. The summed E-state index contributed by atoms with van der Waals surface area (Å²) in [6.07, 6.45) is 0.292. The highest BCUT2D eigenvalue weighted by Crippen LogP contribution is 2.31. The van der Waals surface area contributed by atoms with Crippen LogP contribution >= 0.6 is 34.8 Å². The van der Waals surface area contributed by atoms with Crippen molar-refractivity contribution in [2.45, 2.75) is 43.0 Å². The second-order valence-corrected chi connectivity index (χ2v) is 6.22. The van der Waals surface area contributed by atoms with Crippen molar-refractivity contribution in [2.75, 3.05) is 0 Å². The van der Waals surface area contributed by atoms with E-state index in [0.717, 1.165) is 0 Å². The predicted octanol–water partition coefficient (Wildman–Crippen LogP) is 3.48. The van der Waals surface area contributed by atoms with E-state index in [-0.39, 0.29) is 18.8 Å². The van der Waals surface area contributed by atoms with E-state index in [1.54, 1.807) is 20.8 Å². The molecule has 0 saturated heterocycles. The van der Waals surface area contributed by atoms with Gasteiger partial charge in [-0.3, -0.25) is 4.79 Å². The van der Waals surface area contributed by atoms with Crippen molar-refractivity contribution >= 4 is 40.8 Å². The summed E-state index contributed by atoms with van der Waals surface area (Å²) in [5.41, 5.74) is -0.481. The van der Waals surface area contributed by atoms with Crippen molar-refractivity contribution in [3.63, 3.8) is 0 Å². The van der Waals surface area contributed by atoms with E-state index in [0.29, 0.717) is 0 Å². The molecule has 0 saturated carbocycles. The Balaban J connectivity index is 3.78. The lowest BCUT2D eigenvalue weighted by Gasteiger charge is -2.20. The number of carbonyl (C=O) groups excluding carboxylic acids is 1. The molecule has 0 amide bonds. The van der Waals surface area contributed by atoms with Gasteiger partial charge in [-0.1, -0.05) is 34.8 Å². The van der Waals surface area contributed by atoms with Gasteiger partial charge in [-0.05, 0) is 20.8 Å². The first-order valence-corrected chi connectivity index (χ1v) is 5.02. The second-order valence-electron chi connectivity index (χ2n) is 3.70. The van der Waals surface area contributed by atoms with Gasteiger partial charge in [0, 0.05) is 12.8 Å². The Morgan fingerprint density at radius 1 is 1.23 bits per heavy atom. The number of carbonyl (C=O) groups is 1. The molecule has 2 nitrogen and oxygen atoms in total. The highest BCUT2D eigenvalue weighted by molar-refractivity contribution is 6.67. The van der Waals surface area contributed by atoms with Crippen LogP contribution in [0, 0.1) is 0 Å². The number of halogens is 3. The largest absolute Gasteiger partial charge is 0.460 e. The molecule has 0 fully saturated rings. The van der Waals surface area contributed by atoms with Crippen molar-refractivity contribution < 1.29 is 9.53 Å². The summed E-state index contributed by atoms with van der Waals surface area (Å²) in [4.78, 5) is 11.1. The van der Waals surface area contributed by atoms with Gasteiger partial charge in [0.2, 0.25) is 0 Å². The van der Waals surface area contributed by atoms with E-state index in [2.05, 4.69) is 0 Å². The van der Waals surface area contributed by atoms with E-state index in [1.807, 2.05) is 0 Å². The third-order valence-corrected chi connectivity index (χ3v) is 1.60. The molecule has 0 aromatic carbocycles. The third kappa shape index (κ3) is 10.3. The van der Waals surface area contributed by atoms with Crippen molar-refractivity contribution in [3.8, 4) is 0 Å². The topological polar surface area (TPSA) is 26.3 Å². The number of esters is 1. The van der Waals surface area contributed by atoms with Crippen molar-refractivity contribution in [1.82, 2.24) is 0 Å². The van der Waals surface area contributed by atoms with Gasteiger partial charge in [0.15, 0.2) is 3.79 Å². The molecule has 5 heteroatoms. The number of ether oxygens (including phenoxy) is 1. The normalized spacial score (nSPS) is 12.8. The molecule has 0 heterocycles. The molecule has 0 aromatic heterocycles. The van der Waals surface area contributed by atoms with E-state index in [1.165, 1.54) is 0 Å². The maximum Gasteiger partial charge on any atom is 0.306 e. The molecule has 0 aliphatic heterocycles. The Morgan fingerprint density at radius 3 is 2.00 bits per heavy atom. The van der Waals surface area contributed by atoms with Gasteiger partial charge in [-0.25, -0.2) is 0 Å². The van der Waals surface area contributed by atoms with Gasteiger partial charge in [0.1, 0.15) is 5.60 Å². The molecule has 13 heavy (non-hydrogen) atoms. The van der Waals surface area contributed by atoms with Crippen LogP contribution in [-0.2, 0) is 9.53 Å². The van der Waals surface area contributed by atoms with Crippen molar-refractivity contribution in [2.24, 2.45) is 0 Å². The number of rotatable bonds is 2. The summed E-state index contributed by atoms with van der Waals surface area (Å²) in [5, 5.41) is 0. The van der Waals surface area contributed by atoms with E-state index >= 15 is 0 Å². The molecule has 0 aliphatic carbocycles. The van der Waals surface area contributed by atoms with Gasteiger partial charge in [0.05, 0.1) is 0 Å². The molecule has 0 bridgehead atoms. The smallest absolute Gasteiger partial charge is 0.306 e. The molecular weight excluding hydrogens is 234 g/mol. The highest BCUT2D eigenvalue weighted by atomic mass is 35.6. The Kier molecular flexibility index (Phi) is 4.84. The summed E-state index contributed by atoms with van der Waals surface area (Å²) in [6, 6.07) is 0. The maximum absolute atomic E-state index is 11.1. The fraction of sp³-hybridized carbons (Fsp3) is 0.875. The van der Waals surface area contributed by atoms with Crippen LogP contribution in [-0.4, -0.2) is 15.4 Å². The van der Waals surface area contributed by atoms with Crippen LogP contribution in [0.1, 0.15) is 33.6 Å². The fourth-order valence-corrected chi connectivity index (χ4v) is 0.920. The monoisotopic (exact) mass is 246 g/mol. The first-order chi connectivity index (χ1) is 5.60. The van der Waals surface area contributed by atoms with Crippen LogP contribution in [0.5, 0.6) is 0 Å². The van der Waals surface area contributed by atoms with Crippen LogP contribution < -0.4 is 0 Å². The third-order valence-electron chi connectivity index (χ3n) is 1.03. The molecule has 0 spiro atoms. The summed E-state index contributed by atoms with van der Waals surface area (Å²) in [7, 11) is 0. The molecule has 0 unspecified atom stereocenters. The SMILES string of the molecule is CC(C)(C)OC(=O)CCC(Cl)(Cl)Cl. The van der Waals surface area contributed by atoms with Crippen LogP contribution in [0.4, 0.5) is 0 Å². The van der Waals surface area contributed by atoms with Gasteiger partial charge in [-0.15, -0.1) is 0 Å².